The first-order valence-electron chi connectivity index (χ1n) is 7.33. The average Bonchev–Trinajstić information content (AvgIpc) is 2.68. The van der Waals surface area contributed by atoms with Gasteiger partial charge >= 0.3 is 0 Å². The zero-order valence-electron chi connectivity index (χ0n) is 12.1. The second-order valence-corrected chi connectivity index (χ2v) is 6.20. The van der Waals surface area contributed by atoms with Crippen LogP contribution in [0.4, 0.5) is 0 Å². The van der Waals surface area contributed by atoms with Crippen molar-refractivity contribution < 1.29 is 14.6 Å². The second kappa shape index (κ2) is 5.91. The number of phenolic OH excluding ortho intramolecular Hbond substituents is 1. The zero-order chi connectivity index (χ0) is 15.0. The van der Waals surface area contributed by atoms with Crippen molar-refractivity contribution in [2.24, 2.45) is 11.7 Å². The summed E-state index contributed by atoms with van der Waals surface area (Å²) in [6, 6.07) is 1.68. The molecule has 0 aromatic heterocycles. The molecule has 0 amide bonds. The smallest absolute Gasteiger partial charge is 0.169 e. The number of ether oxygens (including phenoxy) is 2. The molecule has 21 heavy (non-hydrogen) atoms. The van der Waals surface area contributed by atoms with Gasteiger partial charge in [-0.3, -0.25) is 4.90 Å². The van der Waals surface area contributed by atoms with Gasteiger partial charge < -0.3 is 20.3 Å². The fourth-order valence-corrected chi connectivity index (χ4v) is 3.41. The molecule has 1 aromatic rings. The minimum atomic E-state index is 0.0488. The van der Waals surface area contributed by atoms with E-state index in [1.54, 1.807) is 6.07 Å². The van der Waals surface area contributed by atoms with Crippen molar-refractivity contribution in [3.8, 4) is 17.2 Å². The van der Waals surface area contributed by atoms with Gasteiger partial charge in [-0.25, -0.2) is 0 Å². The van der Waals surface area contributed by atoms with E-state index in [0.29, 0.717) is 42.2 Å². The first-order valence-corrected chi connectivity index (χ1v) is 7.71. The predicted octanol–water partition coefficient (Wildman–Crippen LogP) is 2.16. The van der Waals surface area contributed by atoms with E-state index in [1.165, 1.54) is 0 Å². The molecule has 2 unspecified atom stereocenters. The van der Waals surface area contributed by atoms with Crippen LogP contribution in [0.3, 0.4) is 0 Å². The van der Waals surface area contributed by atoms with Gasteiger partial charge in [0.2, 0.25) is 0 Å². The number of likely N-dealkylation sites (tertiary alicyclic amines) is 1. The van der Waals surface area contributed by atoms with E-state index < -0.39 is 0 Å². The molecule has 0 aliphatic carbocycles. The number of nitrogens with zero attached hydrogens (tertiary/aromatic N) is 1. The van der Waals surface area contributed by atoms with Crippen molar-refractivity contribution in [2.45, 2.75) is 18.9 Å². The number of rotatable bonds is 2. The Balaban J connectivity index is 2.06. The molecule has 2 heterocycles. The normalized spacial score (nSPS) is 25.9. The first-order chi connectivity index (χ1) is 10.1. The summed E-state index contributed by atoms with van der Waals surface area (Å²) in [5, 5.41) is 10.8. The molecule has 3 rings (SSSR count). The lowest BCUT2D eigenvalue weighted by Gasteiger charge is -2.24. The summed E-state index contributed by atoms with van der Waals surface area (Å²) in [7, 11) is 2.03. The number of hydrogen-bond acceptors (Lipinski definition) is 5. The molecular formula is C15H21ClN2O3. The molecule has 3 N–H and O–H groups in total. The van der Waals surface area contributed by atoms with Crippen LogP contribution in [0, 0.1) is 5.92 Å². The van der Waals surface area contributed by atoms with Crippen LogP contribution in [0.1, 0.15) is 24.4 Å². The van der Waals surface area contributed by atoms with E-state index in [-0.39, 0.29) is 11.8 Å². The number of halogens is 1. The highest BCUT2D eigenvalue weighted by Crippen LogP contribution is 2.50. The van der Waals surface area contributed by atoms with E-state index in [1.807, 2.05) is 7.05 Å². The molecule has 0 saturated carbocycles. The molecule has 116 valence electrons. The maximum absolute atomic E-state index is 10.5. The van der Waals surface area contributed by atoms with Gasteiger partial charge in [-0.05, 0) is 25.9 Å². The van der Waals surface area contributed by atoms with Crippen LogP contribution < -0.4 is 15.2 Å². The maximum Gasteiger partial charge on any atom is 0.169 e. The number of nitrogens with two attached hydrogens (primary N) is 1. The summed E-state index contributed by atoms with van der Waals surface area (Å²) in [4.78, 5) is 2.19. The maximum atomic E-state index is 10.5. The highest BCUT2D eigenvalue weighted by molar-refractivity contribution is 6.32. The molecule has 5 nitrogen and oxygen atoms in total. The van der Waals surface area contributed by atoms with E-state index in [2.05, 4.69) is 4.90 Å². The lowest BCUT2D eigenvalue weighted by atomic mass is 9.97. The van der Waals surface area contributed by atoms with Gasteiger partial charge in [0.05, 0.1) is 23.8 Å². The van der Waals surface area contributed by atoms with Gasteiger partial charge in [-0.2, -0.15) is 0 Å². The van der Waals surface area contributed by atoms with Crippen molar-refractivity contribution in [3.05, 3.63) is 16.7 Å². The molecule has 0 spiro atoms. The molecule has 2 atom stereocenters. The summed E-state index contributed by atoms with van der Waals surface area (Å²) in [6.07, 6.45) is 1.70. The third-order valence-corrected chi connectivity index (χ3v) is 4.59. The van der Waals surface area contributed by atoms with Gasteiger partial charge in [0.1, 0.15) is 5.75 Å². The molecule has 2 aliphatic rings. The van der Waals surface area contributed by atoms with Crippen LogP contribution in [0.25, 0.3) is 0 Å². The molecule has 0 radical (unpaired) electrons. The zero-order valence-corrected chi connectivity index (χ0v) is 12.9. The third kappa shape index (κ3) is 2.65. The molecule has 0 bridgehead atoms. The Hall–Kier alpha value is -1.17. The first kappa shape index (κ1) is 14.8. The fraction of sp³-hybridized carbons (Fsp3) is 0.600. The Bertz CT molecular complexity index is 538. The lowest BCUT2D eigenvalue weighted by Crippen LogP contribution is -2.21. The SMILES string of the molecule is CN1CC(CN)CC1c1c(O)c(Cl)cc2c1OCCCO2. The van der Waals surface area contributed by atoms with Crippen molar-refractivity contribution in [1.29, 1.82) is 0 Å². The largest absolute Gasteiger partial charge is 0.506 e. The standard InChI is InChI=1S/C15H21ClN2O3/c1-18-8-9(7-17)5-11(18)13-14(19)10(16)6-12-15(13)21-4-2-3-20-12/h6,9,11,19H,2-5,7-8,17H2,1H3. The van der Waals surface area contributed by atoms with E-state index in [9.17, 15) is 5.11 Å². The van der Waals surface area contributed by atoms with Crippen molar-refractivity contribution >= 4 is 11.6 Å². The quantitative estimate of drug-likeness (QED) is 0.876. The molecule has 2 aliphatic heterocycles. The fourth-order valence-electron chi connectivity index (χ4n) is 3.21. The highest BCUT2D eigenvalue weighted by atomic mass is 35.5. The Kier molecular flexibility index (Phi) is 4.15. The van der Waals surface area contributed by atoms with Gasteiger partial charge in [0, 0.05) is 25.1 Å². The Labute approximate surface area is 129 Å². The van der Waals surface area contributed by atoms with E-state index >= 15 is 0 Å². The number of aromatic hydroxyl groups is 1. The van der Waals surface area contributed by atoms with Gasteiger partial charge in [0.15, 0.2) is 11.5 Å². The van der Waals surface area contributed by atoms with Crippen LogP contribution in [-0.4, -0.2) is 43.4 Å². The Morgan fingerprint density at radius 1 is 1.43 bits per heavy atom. The number of hydrogen-bond donors (Lipinski definition) is 2. The Morgan fingerprint density at radius 2 is 2.19 bits per heavy atom. The van der Waals surface area contributed by atoms with Crippen LogP contribution in [0.15, 0.2) is 6.07 Å². The lowest BCUT2D eigenvalue weighted by molar-refractivity contribution is 0.276. The van der Waals surface area contributed by atoms with Crippen LogP contribution >= 0.6 is 11.6 Å². The van der Waals surface area contributed by atoms with Crippen LogP contribution in [0.5, 0.6) is 17.2 Å². The summed E-state index contributed by atoms with van der Waals surface area (Å²) >= 11 is 6.17. The molecule has 1 saturated heterocycles. The highest BCUT2D eigenvalue weighted by Gasteiger charge is 2.36. The topological polar surface area (TPSA) is 68.0 Å². The summed E-state index contributed by atoms with van der Waals surface area (Å²) in [5.74, 6) is 1.76. The van der Waals surface area contributed by atoms with Crippen LogP contribution in [0.2, 0.25) is 5.02 Å². The van der Waals surface area contributed by atoms with Gasteiger partial charge in [0.25, 0.3) is 0 Å². The summed E-state index contributed by atoms with van der Waals surface area (Å²) in [6.45, 7) is 2.72. The molecule has 6 heteroatoms. The van der Waals surface area contributed by atoms with Crippen molar-refractivity contribution in [3.63, 3.8) is 0 Å². The monoisotopic (exact) mass is 312 g/mol. The molecule has 1 aromatic carbocycles. The summed E-state index contributed by atoms with van der Waals surface area (Å²) in [5.41, 5.74) is 6.53. The average molecular weight is 313 g/mol. The van der Waals surface area contributed by atoms with Crippen molar-refractivity contribution in [1.82, 2.24) is 4.90 Å². The second-order valence-electron chi connectivity index (χ2n) is 5.79. The van der Waals surface area contributed by atoms with E-state index in [4.69, 9.17) is 26.8 Å². The molecular weight excluding hydrogens is 292 g/mol. The number of benzene rings is 1. The Morgan fingerprint density at radius 3 is 2.90 bits per heavy atom. The minimum absolute atomic E-state index is 0.0488. The van der Waals surface area contributed by atoms with Gasteiger partial charge in [-0.1, -0.05) is 11.6 Å². The summed E-state index contributed by atoms with van der Waals surface area (Å²) < 4.78 is 11.6. The number of phenols is 1. The van der Waals surface area contributed by atoms with E-state index in [0.717, 1.165) is 24.9 Å². The third-order valence-electron chi connectivity index (χ3n) is 4.30. The predicted molar refractivity (Wildman–Crippen MR) is 81.3 cm³/mol. The molecule has 1 fully saturated rings. The van der Waals surface area contributed by atoms with Crippen LogP contribution in [-0.2, 0) is 0 Å². The minimum Gasteiger partial charge on any atom is -0.506 e. The van der Waals surface area contributed by atoms with Gasteiger partial charge in [-0.15, -0.1) is 0 Å². The number of fused-ring (bicyclic) bond motifs is 1. The van der Waals surface area contributed by atoms with Crippen molar-refractivity contribution in [2.75, 3.05) is 33.4 Å².